The Hall–Kier alpha value is -1.23. The standard InChI is InChI=1S/C14H20N2O2/c1-12(17)14(11-15-8-9-18-14)16(2)10-13-6-4-3-5-7-13/h3-7,15H,8-11H2,1-2H3. The van der Waals surface area contributed by atoms with Crippen LogP contribution in [-0.2, 0) is 16.1 Å². The van der Waals surface area contributed by atoms with Gasteiger partial charge < -0.3 is 10.1 Å². The molecular formula is C14H20N2O2. The van der Waals surface area contributed by atoms with Crippen molar-refractivity contribution in [3.8, 4) is 0 Å². The van der Waals surface area contributed by atoms with Gasteiger partial charge in [0, 0.05) is 19.6 Å². The average Bonchev–Trinajstić information content (AvgIpc) is 2.40. The first-order chi connectivity index (χ1) is 8.65. The summed E-state index contributed by atoms with van der Waals surface area (Å²) in [7, 11) is 1.93. The summed E-state index contributed by atoms with van der Waals surface area (Å²) in [6.07, 6.45) is 0. The molecule has 1 unspecified atom stereocenters. The first-order valence-corrected chi connectivity index (χ1v) is 6.26. The molecular weight excluding hydrogens is 228 g/mol. The average molecular weight is 248 g/mol. The molecule has 0 saturated carbocycles. The number of ether oxygens (including phenoxy) is 1. The van der Waals surface area contributed by atoms with Crippen LogP contribution in [0.4, 0.5) is 0 Å². The molecule has 0 aromatic heterocycles. The minimum Gasteiger partial charge on any atom is -0.350 e. The predicted octanol–water partition coefficient (Wildman–Crippen LogP) is 1.02. The molecule has 1 saturated heterocycles. The summed E-state index contributed by atoms with van der Waals surface area (Å²) in [5, 5.41) is 3.24. The van der Waals surface area contributed by atoms with Crippen LogP contribution in [0.1, 0.15) is 12.5 Å². The van der Waals surface area contributed by atoms with Gasteiger partial charge in [-0.05, 0) is 19.5 Å². The second-order valence-electron chi connectivity index (χ2n) is 4.71. The summed E-state index contributed by atoms with van der Waals surface area (Å²) in [6, 6.07) is 10.1. The number of hydrogen-bond donors (Lipinski definition) is 1. The Balaban J connectivity index is 2.13. The maximum Gasteiger partial charge on any atom is 0.193 e. The number of morpholine rings is 1. The monoisotopic (exact) mass is 248 g/mol. The molecule has 2 rings (SSSR count). The summed E-state index contributed by atoms with van der Waals surface area (Å²) in [5.41, 5.74) is 0.350. The van der Waals surface area contributed by atoms with E-state index in [1.165, 1.54) is 5.56 Å². The van der Waals surface area contributed by atoms with Crippen molar-refractivity contribution in [3.05, 3.63) is 35.9 Å². The van der Waals surface area contributed by atoms with Gasteiger partial charge in [0.25, 0.3) is 0 Å². The zero-order chi connectivity index (χ0) is 13.0. The van der Waals surface area contributed by atoms with Crippen molar-refractivity contribution in [2.24, 2.45) is 0 Å². The van der Waals surface area contributed by atoms with E-state index in [4.69, 9.17) is 4.74 Å². The number of rotatable bonds is 4. The van der Waals surface area contributed by atoms with E-state index in [-0.39, 0.29) is 5.78 Å². The maximum atomic E-state index is 11.9. The maximum absolute atomic E-state index is 11.9. The highest BCUT2D eigenvalue weighted by Crippen LogP contribution is 2.21. The summed E-state index contributed by atoms with van der Waals surface area (Å²) >= 11 is 0. The molecule has 4 heteroatoms. The lowest BCUT2D eigenvalue weighted by molar-refractivity contribution is -0.180. The van der Waals surface area contributed by atoms with Gasteiger partial charge in [-0.3, -0.25) is 9.69 Å². The number of carbonyl (C=O) groups excluding carboxylic acids is 1. The molecule has 0 spiro atoms. The van der Waals surface area contributed by atoms with E-state index in [2.05, 4.69) is 17.4 Å². The van der Waals surface area contributed by atoms with Gasteiger partial charge in [0.05, 0.1) is 6.61 Å². The fraction of sp³-hybridized carbons (Fsp3) is 0.500. The molecule has 1 heterocycles. The van der Waals surface area contributed by atoms with Gasteiger partial charge >= 0.3 is 0 Å². The van der Waals surface area contributed by atoms with Crippen molar-refractivity contribution in [2.75, 3.05) is 26.7 Å². The second kappa shape index (κ2) is 5.61. The largest absolute Gasteiger partial charge is 0.350 e. The highest BCUT2D eigenvalue weighted by molar-refractivity contribution is 5.85. The topological polar surface area (TPSA) is 41.6 Å². The third-order valence-corrected chi connectivity index (χ3v) is 3.41. The van der Waals surface area contributed by atoms with E-state index < -0.39 is 5.72 Å². The van der Waals surface area contributed by atoms with E-state index in [1.807, 2.05) is 30.1 Å². The summed E-state index contributed by atoms with van der Waals surface area (Å²) in [4.78, 5) is 13.9. The van der Waals surface area contributed by atoms with Crippen molar-refractivity contribution in [3.63, 3.8) is 0 Å². The minimum absolute atomic E-state index is 0.0492. The lowest BCUT2D eigenvalue weighted by Gasteiger charge is -2.42. The number of likely N-dealkylation sites (N-methyl/N-ethyl adjacent to an activating group) is 1. The molecule has 1 aromatic carbocycles. The number of ketones is 1. The first-order valence-electron chi connectivity index (χ1n) is 6.26. The molecule has 1 fully saturated rings. The van der Waals surface area contributed by atoms with Crippen LogP contribution in [0, 0.1) is 0 Å². The fourth-order valence-electron chi connectivity index (χ4n) is 2.33. The van der Waals surface area contributed by atoms with Gasteiger partial charge in [-0.15, -0.1) is 0 Å². The quantitative estimate of drug-likeness (QED) is 0.864. The molecule has 18 heavy (non-hydrogen) atoms. The Morgan fingerprint density at radius 3 is 2.72 bits per heavy atom. The van der Waals surface area contributed by atoms with Crippen LogP contribution in [0.25, 0.3) is 0 Å². The number of nitrogens with zero attached hydrogens (tertiary/aromatic N) is 1. The van der Waals surface area contributed by atoms with Crippen LogP contribution in [0.15, 0.2) is 30.3 Å². The highest BCUT2D eigenvalue weighted by atomic mass is 16.5. The summed E-state index contributed by atoms with van der Waals surface area (Å²) in [6.45, 7) is 4.20. The van der Waals surface area contributed by atoms with Gasteiger partial charge in [-0.25, -0.2) is 0 Å². The third-order valence-electron chi connectivity index (χ3n) is 3.41. The zero-order valence-electron chi connectivity index (χ0n) is 11.0. The van der Waals surface area contributed by atoms with E-state index in [9.17, 15) is 4.79 Å². The molecule has 98 valence electrons. The first kappa shape index (κ1) is 13.2. The zero-order valence-corrected chi connectivity index (χ0v) is 11.0. The number of hydrogen-bond acceptors (Lipinski definition) is 4. The Morgan fingerprint density at radius 2 is 2.17 bits per heavy atom. The Labute approximate surface area is 108 Å². The molecule has 1 aliphatic rings. The Bertz CT molecular complexity index is 400. The number of benzene rings is 1. The van der Waals surface area contributed by atoms with Gasteiger partial charge in [0.1, 0.15) is 0 Å². The van der Waals surface area contributed by atoms with E-state index in [0.717, 1.165) is 6.54 Å². The van der Waals surface area contributed by atoms with E-state index >= 15 is 0 Å². The van der Waals surface area contributed by atoms with Crippen molar-refractivity contribution in [2.45, 2.75) is 19.2 Å². The van der Waals surface area contributed by atoms with Crippen molar-refractivity contribution < 1.29 is 9.53 Å². The van der Waals surface area contributed by atoms with Crippen LogP contribution in [0.2, 0.25) is 0 Å². The van der Waals surface area contributed by atoms with Crippen LogP contribution in [-0.4, -0.2) is 43.2 Å². The molecule has 1 N–H and O–H groups in total. The predicted molar refractivity (Wildman–Crippen MR) is 70.1 cm³/mol. The van der Waals surface area contributed by atoms with Crippen LogP contribution >= 0.6 is 0 Å². The van der Waals surface area contributed by atoms with Crippen LogP contribution in [0.3, 0.4) is 0 Å². The number of nitrogens with one attached hydrogen (secondary N) is 1. The van der Waals surface area contributed by atoms with E-state index in [0.29, 0.717) is 19.7 Å². The second-order valence-corrected chi connectivity index (χ2v) is 4.71. The highest BCUT2D eigenvalue weighted by Gasteiger charge is 2.42. The van der Waals surface area contributed by atoms with Crippen molar-refractivity contribution in [1.29, 1.82) is 0 Å². The Kier molecular flexibility index (Phi) is 4.11. The smallest absolute Gasteiger partial charge is 0.193 e. The fourth-order valence-corrected chi connectivity index (χ4v) is 2.33. The number of Topliss-reactive ketones (excluding diaryl/α,β-unsaturated/α-hetero) is 1. The normalized spacial score (nSPS) is 24.2. The molecule has 4 nitrogen and oxygen atoms in total. The van der Waals surface area contributed by atoms with Crippen molar-refractivity contribution >= 4 is 5.78 Å². The lowest BCUT2D eigenvalue weighted by Crippen LogP contribution is -2.63. The molecule has 1 atom stereocenters. The Morgan fingerprint density at radius 1 is 1.44 bits per heavy atom. The molecule has 0 bridgehead atoms. The van der Waals surface area contributed by atoms with Gasteiger partial charge in [-0.2, -0.15) is 0 Å². The minimum atomic E-state index is -0.825. The van der Waals surface area contributed by atoms with Gasteiger partial charge in [0.2, 0.25) is 0 Å². The molecule has 1 aliphatic heterocycles. The summed E-state index contributed by atoms with van der Waals surface area (Å²) < 4.78 is 5.77. The lowest BCUT2D eigenvalue weighted by atomic mass is 10.1. The molecule has 1 aromatic rings. The number of carbonyl (C=O) groups is 1. The third kappa shape index (κ3) is 2.61. The van der Waals surface area contributed by atoms with E-state index in [1.54, 1.807) is 6.92 Å². The van der Waals surface area contributed by atoms with Crippen molar-refractivity contribution in [1.82, 2.24) is 10.2 Å². The van der Waals surface area contributed by atoms with Gasteiger partial charge in [0.15, 0.2) is 11.5 Å². The molecule has 0 aliphatic carbocycles. The van der Waals surface area contributed by atoms with Crippen LogP contribution < -0.4 is 5.32 Å². The molecule has 0 amide bonds. The van der Waals surface area contributed by atoms with Gasteiger partial charge in [-0.1, -0.05) is 30.3 Å². The SMILES string of the molecule is CC(=O)C1(N(C)Cc2ccccc2)CNCCO1. The van der Waals surface area contributed by atoms with Crippen LogP contribution in [0.5, 0.6) is 0 Å². The molecule has 0 radical (unpaired) electrons. The summed E-state index contributed by atoms with van der Waals surface area (Å²) in [5.74, 6) is 0.0492.